The van der Waals surface area contributed by atoms with Gasteiger partial charge in [0.15, 0.2) is 0 Å². The van der Waals surface area contributed by atoms with Crippen LogP contribution in [0.25, 0.3) is 0 Å². The molecule has 1 aromatic rings. The molecule has 1 amide bonds. The predicted octanol–water partition coefficient (Wildman–Crippen LogP) is 3.82. The summed E-state index contributed by atoms with van der Waals surface area (Å²) in [4.78, 5) is 18.3. The van der Waals surface area contributed by atoms with Crippen molar-refractivity contribution in [2.75, 3.05) is 18.8 Å². The molecule has 0 aromatic carbocycles. The Bertz CT molecular complexity index is 459. The minimum Gasteiger partial charge on any atom is -0.444 e. The number of carbonyl (C=O) groups excluding carboxylic acids is 1. The van der Waals surface area contributed by atoms with E-state index in [1.807, 2.05) is 50.1 Å². The lowest BCUT2D eigenvalue weighted by Crippen LogP contribution is -2.43. The lowest BCUT2D eigenvalue weighted by Gasteiger charge is -2.34. The Morgan fingerprint density at radius 3 is 2.95 bits per heavy atom. The number of rotatable bonds is 3. The number of likely N-dealkylation sites (tertiary alicyclic amines) is 1. The topological polar surface area (TPSA) is 42.4 Å². The van der Waals surface area contributed by atoms with Crippen molar-refractivity contribution in [2.45, 2.75) is 44.2 Å². The molecule has 0 bridgehead atoms. The van der Waals surface area contributed by atoms with Gasteiger partial charge in [-0.2, -0.15) is 0 Å². The van der Waals surface area contributed by atoms with Crippen LogP contribution in [0, 0.1) is 5.92 Å². The fourth-order valence-electron chi connectivity index (χ4n) is 2.33. The molecule has 0 spiro atoms. The maximum absolute atomic E-state index is 12.1. The van der Waals surface area contributed by atoms with Crippen LogP contribution in [0.3, 0.4) is 0 Å². The van der Waals surface area contributed by atoms with E-state index in [0.29, 0.717) is 5.92 Å². The molecule has 1 atom stereocenters. The summed E-state index contributed by atoms with van der Waals surface area (Å²) < 4.78 is 5.46. The Balaban J connectivity index is 1.82. The van der Waals surface area contributed by atoms with Crippen molar-refractivity contribution in [3.05, 3.63) is 24.4 Å². The van der Waals surface area contributed by atoms with Crippen molar-refractivity contribution >= 4 is 17.9 Å². The third kappa shape index (κ3) is 5.58. The number of pyridine rings is 1. The summed E-state index contributed by atoms with van der Waals surface area (Å²) in [5, 5.41) is 1.05. The van der Waals surface area contributed by atoms with Gasteiger partial charge in [0.05, 0.1) is 5.03 Å². The molecular formula is C16H24N2O2S. The van der Waals surface area contributed by atoms with Gasteiger partial charge in [-0.3, -0.25) is 0 Å². The number of carbonyl (C=O) groups is 1. The average Bonchev–Trinajstić information content (AvgIpc) is 2.45. The van der Waals surface area contributed by atoms with Crippen LogP contribution >= 0.6 is 11.8 Å². The summed E-state index contributed by atoms with van der Waals surface area (Å²) >= 11 is 1.76. The molecule has 0 aliphatic carbocycles. The van der Waals surface area contributed by atoms with Crippen molar-refractivity contribution in [1.29, 1.82) is 0 Å². The van der Waals surface area contributed by atoms with Crippen molar-refractivity contribution in [3.8, 4) is 0 Å². The van der Waals surface area contributed by atoms with E-state index in [2.05, 4.69) is 4.98 Å². The van der Waals surface area contributed by atoms with Crippen LogP contribution in [0.15, 0.2) is 29.4 Å². The third-order valence-electron chi connectivity index (χ3n) is 3.28. The van der Waals surface area contributed by atoms with Crippen LogP contribution in [0.2, 0.25) is 0 Å². The summed E-state index contributed by atoms with van der Waals surface area (Å²) in [5.41, 5.74) is -0.424. The molecule has 1 aliphatic rings. The second-order valence-corrected chi connectivity index (χ2v) is 7.45. The number of nitrogens with zero attached hydrogens (tertiary/aromatic N) is 2. The van der Waals surface area contributed by atoms with E-state index in [1.54, 1.807) is 11.8 Å². The molecule has 1 fully saturated rings. The largest absolute Gasteiger partial charge is 0.444 e. The predicted molar refractivity (Wildman–Crippen MR) is 85.5 cm³/mol. The number of amides is 1. The van der Waals surface area contributed by atoms with Gasteiger partial charge >= 0.3 is 6.09 Å². The first kappa shape index (κ1) is 16.1. The van der Waals surface area contributed by atoms with Gasteiger partial charge in [0.25, 0.3) is 0 Å². The molecule has 2 rings (SSSR count). The Hall–Kier alpha value is -1.23. The Kier molecular flexibility index (Phi) is 5.51. The lowest BCUT2D eigenvalue weighted by molar-refractivity contribution is 0.0177. The molecule has 1 saturated heterocycles. The molecule has 0 saturated carbocycles. The highest BCUT2D eigenvalue weighted by molar-refractivity contribution is 7.99. The highest BCUT2D eigenvalue weighted by Crippen LogP contribution is 2.25. The maximum atomic E-state index is 12.1. The summed E-state index contributed by atoms with van der Waals surface area (Å²) in [6, 6.07) is 5.96. The van der Waals surface area contributed by atoms with Gasteiger partial charge in [-0.15, -0.1) is 11.8 Å². The van der Waals surface area contributed by atoms with E-state index < -0.39 is 5.60 Å². The van der Waals surface area contributed by atoms with Crippen LogP contribution < -0.4 is 0 Å². The molecule has 5 heteroatoms. The molecular weight excluding hydrogens is 284 g/mol. The monoisotopic (exact) mass is 308 g/mol. The fraction of sp³-hybridized carbons (Fsp3) is 0.625. The van der Waals surface area contributed by atoms with Crippen molar-refractivity contribution in [2.24, 2.45) is 5.92 Å². The number of thioether (sulfide) groups is 1. The molecule has 2 heterocycles. The van der Waals surface area contributed by atoms with E-state index in [4.69, 9.17) is 4.74 Å². The van der Waals surface area contributed by atoms with E-state index in [-0.39, 0.29) is 6.09 Å². The number of aromatic nitrogens is 1. The van der Waals surface area contributed by atoms with Crippen LogP contribution in [-0.4, -0.2) is 40.4 Å². The zero-order chi connectivity index (χ0) is 15.3. The normalized spacial score (nSPS) is 19.4. The standard InChI is InChI=1S/C16H24N2O2S/c1-16(2,3)20-15(19)18-10-6-7-13(11-18)12-21-14-8-4-5-9-17-14/h4-5,8-9,13H,6-7,10-12H2,1-3H3/t13-/m0/s1. The van der Waals surface area contributed by atoms with Crippen molar-refractivity contribution < 1.29 is 9.53 Å². The number of hydrogen-bond acceptors (Lipinski definition) is 4. The molecule has 0 radical (unpaired) electrons. The highest BCUT2D eigenvalue weighted by Gasteiger charge is 2.27. The van der Waals surface area contributed by atoms with E-state index in [1.165, 1.54) is 6.42 Å². The molecule has 0 unspecified atom stereocenters. The minimum absolute atomic E-state index is 0.185. The fourth-order valence-corrected chi connectivity index (χ4v) is 3.32. The maximum Gasteiger partial charge on any atom is 0.410 e. The summed E-state index contributed by atoms with van der Waals surface area (Å²) in [6.07, 6.45) is 3.84. The van der Waals surface area contributed by atoms with Gasteiger partial charge < -0.3 is 9.64 Å². The van der Waals surface area contributed by atoms with Crippen LogP contribution in [0.4, 0.5) is 4.79 Å². The van der Waals surface area contributed by atoms with E-state index in [9.17, 15) is 4.79 Å². The van der Waals surface area contributed by atoms with Crippen molar-refractivity contribution in [3.63, 3.8) is 0 Å². The first-order valence-corrected chi connectivity index (χ1v) is 8.44. The third-order valence-corrected chi connectivity index (χ3v) is 4.45. The molecule has 116 valence electrons. The first-order valence-electron chi connectivity index (χ1n) is 7.46. The Morgan fingerprint density at radius 1 is 1.48 bits per heavy atom. The van der Waals surface area contributed by atoms with Gasteiger partial charge in [0, 0.05) is 25.0 Å². The number of hydrogen-bond donors (Lipinski definition) is 0. The quantitative estimate of drug-likeness (QED) is 0.796. The van der Waals surface area contributed by atoms with Crippen molar-refractivity contribution in [1.82, 2.24) is 9.88 Å². The summed E-state index contributed by atoms with van der Waals surface area (Å²) in [5.74, 6) is 1.51. The SMILES string of the molecule is CC(C)(C)OC(=O)N1CCC[C@H](CSc2ccccn2)C1. The first-order chi connectivity index (χ1) is 9.94. The Morgan fingerprint density at radius 2 is 2.29 bits per heavy atom. The van der Waals surface area contributed by atoms with E-state index in [0.717, 1.165) is 30.3 Å². The van der Waals surface area contributed by atoms with Gasteiger partial charge in [-0.05, 0) is 51.7 Å². The van der Waals surface area contributed by atoms with Gasteiger partial charge in [-0.25, -0.2) is 9.78 Å². The molecule has 0 N–H and O–H groups in total. The minimum atomic E-state index is -0.424. The second-order valence-electron chi connectivity index (χ2n) is 6.41. The average molecular weight is 308 g/mol. The zero-order valence-corrected chi connectivity index (χ0v) is 13.9. The molecule has 1 aromatic heterocycles. The molecule has 4 nitrogen and oxygen atoms in total. The Labute approximate surface area is 131 Å². The molecule has 1 aliphatic heterocycles. The van der Waals surface area contributed by atoms with Gasteiger partial charge in [0.1, 0.15) is 5.60 Å². The smallest absolute Gasteiger partial charge is 0.410 e. The van der Waals surface area contributed by atoms with Crippen LogP contribution in [-0.2, 0) is 4.74 Å². The van der Waals surface area contributed by atoms with E-state index >= 15 is 0 Å². The summed E-state index contributed by atoms with van der Waals surface area (Å²) in [7, 11) is 0. The van der Waals surface area contributed by atoms with Crippen LogP contribution in [0.1, 0.15) is 33.6 Å². The zero-order valence-electron chi connectivity index (χ0n) is 13.0. The second kappa shape index (κ2) is 7.16. The summed E-state index contributed by atoms with van der Waals surface area (Å²) in [6.45, 7) is 7.31. The van der Waals surface area contributed by atoms with Crippen LogP contribution in [0.5, 0.6) is 0 Å². The number of ether oxygens (including phenoxy) is 1. The van der Waals surface area contributed by atoms with Gasteiger partial charge in [0.2, 0.25) is 0 Å². The highest BCUT2D eigenvalue weighted by atomic mass is 32.2. The lowest BCUT2D eigenvalue weighted by atomic mass is 10.0. The number of piperidine rings is 1. The van der Waals surface area contributed by atoms with Gasteiger partial charge in [-0.1, -0.05) is 6.07 Å². The molecule has 21 heavy (non-hydrogen) atoms.